The van der Waals surface area contributed by atoms with Crippen molar-refractivity contribution in [2.24, 2.45) is 11.1 Å². The molecule has 1 aliphatic rings. The maximum atomic E-state index is 5.57. The fourth-order valence-corrected chi connectivity index (χ4v) is 2.83. The smallest absolute Gasteiger partial charge is 0.276 e. The predicted molar refractivity (Wildman–Crippen MR) is 80.4 cm³/mol. The van der Waals surface area contributed by atoms with E-state index in [-0.39, 0.29) is 0 Å². The minimum absolute atomic E-state index is 0.416. The average Bonchev–Trinajstić information content (AvgIpc) is 2.97. The van der Waals surface area contributed by atoms with Gasteiger partial charge in [0.1, 0.15) is 5.69 Å². The highest BCUT2D eigenvalue weighted by Crippen LogP contribution is 2.41. The number of hydrogen-bond donors (Lipinski definition) is 1. The van der Waals surface area contributed by atoms with Gasteiger partial charge in [-0.25, -0.2) is 0 Å². The molecule has 2 aromatic heterocycles. The summed E-state index contributed by atoms with van der Waals surface area (Å²) in [6.07, 6.45) is 6.44. The summed E-state index contributed by atoms with van der Waals surface area (Å²) >= 11 is 0. The van der Waals surface area contributed by atoms with E-state index in [1.807, 2.05) is 12.1 Å². The van der Waals surface area contributed by atoms with Gasteiger partial charge in [0.2, 0.25) is 0 Å². The van der Waals surface area contributed by atoms with Gasteiger partial charge >= 0.3 is 0 Å². The third kappa shape index (κ3) is 3.13. The summed E-state index contributed by atoms with van der Waals surface area (Å²) in [7, 11) is 0. The lowest BCUT2D eigenvalue weighted by molar-refractivity contribution is 0.218. The van der Waals surface area contributed by atoms with Crippen molar-refractivity contribution in [2.75, 3.05) is 0 Å². The van der Waals surface area contributed by atoms with Crippen molar-refractivity contribution in [2.45, 2.75) is 52.0 Å². The van der Waals surface area contributed by atoms with E-state index in [4.69, 9.17) is 10.3 Å². The Balaban J connectivity index is 1.74. The number of nitrogens with zero attached hydrogens (tertiary/aromatic N) is 3. The van der Waals surface area contributed by atoms with Crippen molar-refractivity contribution < 1.29 is 4.52 Å². The minimum Gasteiger partial charge on any atom is -0.332 e. The van der Waals surface area contributed by atoms with Crippen molar-refractivity contribution in [3.8, 4) is 11.6 Å². The fourth-order valence-electron chi connectivity index (χ4n) is 2.83. The Morgan fingerprint density at radius 2 is 2.05 bits per heavy atom. The molecule has 1 aliphatic carbocycles. The molecule has 0 radical (unpaired) electrons. The number of aromatic nitrogens is 3. The summed E-state index contributed by atoms with van der Waals surface area (Å²) < 4.78 is 5.37. The lowest BCUT2D eigenvalue weighted by atomic mass is 9.73. The van der Waals surface area contributed by atoms with Crippen molar-refractivity contribution in [3.63, 3.8) is 0 Å². The van der Waals surface area contributed by atoms with Crippen LogP contribution in [0.1, 0.15) is 56.8 Å². The van der Waals surface area contributed by atoms with E-state index in [0.29, 0.717) is 29.5 Å². The first-order chi connectivity index (χ1) is 10.1. The zero-order chi connectivity index (χ0) is 14.9. The topological polar surface area (TPSA) is 77.8 Å². The summed E-state index contributed by atoms with van der Waals surface area (Å²) in [6, 6.07) is 3.82. The highest BCUT2D eigenvalue weighted by atomic mass is 16.5. The molecule has 0 spiro atoms. The van der Waals surface area contributed by atoms with Crippen LogP contribution in [0.5, 0.6) is 0 Å². The van der Waals surface area contributed by atoms with Crippen LogP contribution in [0.4, 0.5) is 0 Å². The van der Waals surface area contributed by atoms with Crippen LogP contribution in [0.25, 0.3) is 11.6 Å². The lowest BCUT2D eigenvalue weighted by Crippen LogP contribution is -2.20. The molecular weight excluding hydrogens is 264 g/mol. The summed E-state index contributed by atoms with van der Waals surface area (Å²) in [5.74, 6) is 1.74. The van der Waals surface area contributed by atoms with Gasteiger partial charge in [-0.1, -0.05) is 25.1 Å². The molecule has 112 valence electrons. The Hall–Kier alpha value is -1.75. The highest BCUT2D eigenvalue weighted by molar-refractivity contribution is 5.46. The van der Waals surface area contributed by atoms with E-state index in [2.05, 4.69) is 29.0 Å². The molecule has 0 amide bonds. The minimum atomic E-state index is 0.416. The second kappa shape index (κ2) is 5.56. The second-order valence-corrected chi connectivity index (χ2v) is 6.65. The molecule has 5 heteroatoms. The van der Waals surface area contributed by atoms with Gasteiger partial charge in [0.05, 0.1) is 0 Å². The normalized spacial score (nSPS) is 18.8. The van der Waals surface area contributed by atoms with Gasteiger partial charge in [-0.3, -0.25) is 4.98 Å². The SMILES string of the molecule is CC1(C)CCC(c2noc(-c3ccc(CN)cn3)n2)CC1. The van der Waals surface area contributed by atoms with Crippen LogP contribution in [0.2, 0.25) is 0 Å². The monoisotopic (exact) mass is 286 g/mol. The van der Waals surface area contributed by atoms with E-state index >= 15 is 0 Å². The molecular formula is C16H22N4O. The van der Waals surface area contributed by atoms with Gasteiger partial charge < -0.3 is 10.3 Å². The van der Waals surface area contributed by atoms with Gasteiger partial charge in [0.15, 0.2) is 5.82 Å². The van der Waals surface area contributed by atoms with Gasteiger partial charge in [0.25, 0.3) is 5.89 Å². The Morgan fingerprint density at radius 3 is 2.67 bits per heavy atom. The number of pyridine rings is 1. The predicted octanol–water partition coefficient (Wildman–Crippen LogP) is 3.27. The molecule has 21 heavy (non-hydrogen) atoms. The van der Waals surface area contributed by atoms with Crippen LogP contribution in [0.3, 0.4) is 0 Å². The molecule has 2 heterocycles. The van der Waals surface area contributed by atoms with Crippen molar-refractivity contribution in [1.82, 2.24) is 15.1 Å². The Morgan fingerprint density at radius 1 is 1.29 bits per heavy atom. The molecule has 0 aromatic carbocycles. The Bertz CT molecular complexity index is 593. The number of nitrogens with two attached hydrogens (primary N) is 1. The van der Waals surface area contributed by atoms with E-state index < -0.39 is 0 Å². The molecule has 1 fully saturated rings. The van der Waals surface area contributed by atoms with Crippen molar-refractivity contribution in [3.05, 3.63) is 29.7 Å². The first-order valence-corrected chi connectivity index (χ1v) is 7.56. The standard InChI is InChI=1S/C16H22N4O/c1-16(2)7-5-12(6-8-16)14-19-15(21-20-14)13-4-3-11(9-17)10-18-13/h3-4,10,12H,5-9,17H2,1-2H3. The molecule has 0 bridgehead atoms. The van der Waals surface area contributed by atoms with Crippen molar-refractivity contribution in [1.29, 1.82) is 0 Å². The Labute approximate surface area is 125 Å². The van der Waals surface area contributed by atoms with Crippen LogP contribution in [0, 0.1) is 5.41 Å². The average molecular weight is 286 g/mol. The van der Waals surface area contributed by atoms with Crippen LogP contribution in [0.15, 0.2) is 22.9 Å². The van der Waals surface area contributed by atoms with Gasteiger partial charge in [-0.15, -0.1) is 0 Å². The van der Waals surface area contributed by atoms with Crippen molar-refractivity contribution >= 4 is 0 Å². The second-order valence-electron chi connectivity index (χ2n) is 6.65. The van der Waals surface area contributed by atoms with Crippen LogP contribution < -0.4 is 5.73 Å². The number of rotatable bonds is 3. The summed E-state index contributed by atoms with van der Waals surface area (Å²) in [4.78, 5) is 8.86. The third-order valence-corrected chi connectivity index (χ3v) is 4.43. The molecule has 0 unspecified atom stereocenters. The molecule has 5 nitrogen and oxygen atoms in total. The molecule has 2 aromatic rings. The maximum Gasteiger partial charge on any atom is 0.276 e. The molecule has 3 rings (SSSR count). The first kappa shape index (κ1) is 14.2. The molecule has 2 N–H and O–H groups in total. The maximum absolute atomic E-state index is 5.57. The zero-order valence-corrected chi connectivity index (χ0v) is 12.7. The summed E-state index contributed by atoms with van der Waals surface area (Å²) in [5.41, 5.74) is 7.72. The fraction of sp³-hybridized carbons (Fsp3) is 0.562. The zero-order valence-electron chi connectivity index (χ0n) is 12.7. The quantitative estimate of drug-likeness (QED) is 0.936. The van der Waals surface area contributed by atoms with E-state index in [1.165, 1.54) is 12.8 Å². The first-order valence-electron chi connectivity index (χ1n) is 7.56. The van der Waals surface area contributed by atoms with Crippen LogP contribution in [-0.2, 0) is 6.54 Å². The highest BCUT2D eigenvalue weighted by Gasteiger charge is 2.30. The number of hydrogen-bond acceptors (Lipinski definition) is 5. The van der Waals surface area contributed by atoms with Crippen LogP contribution in [-0.4, -0.2) is 15.1 Å². The van der Waals surface area contributed by atoms with Gasteiger partial charge in [-0.05, 0) is 42.7 Å². The Kier molecular flexibility index (Phi) is 3.76. The third-order valence-electron chi connectivity index (χ3n) is 4.43. The summed E-state index contributed by atoms with van der Waals surface area (Å²) in [6.45, 7) is 5.14. The molecule has 1 saturated carbocycles. The van der Waals surface area contributed by atoms with Crippen LogP contribution >= 0.6 is 0 Å². The lowest BCUT2D eigenvalue weighted by Gasteiger charge is -2.32. The largest absolute Gasteiger partial charge is 0.332 e. The van der Waals surface area contributed by atoms with Gasteiger partial charge in [0, 0.05) is 18.7 Å². The van der Waals surface area contributed by atoms with E-state index in [9.17, 15) is 0 Å². The van der Waals surface area contributed by atoms with E-state index in [1.54, 1.807) is 6.20 Å². The molecule has 0 atom stereocenters. The van der Waals surface area contributed by atoms with E-state index in [0.717, 1.165) is 24.2 Å². The van der Waals surface area contributed by atoms with Gasteiger partial charge in [-0.2, -0.15) is 4.98 Å². The summed E-state index contributed by atoms with van der Waals surface area (Å²) in [5, 5.41) is 4.16. The molecule has 0 aliphatic heterocycles. The molecule has 0 saturated heterocycles.